The van der Waals surface area contributed by atoms with Crippen LogP contribution in [0.1, 0.15) is 10.4 Å². The molecule has 0 aliphatic carbocycles. The molecular weight excluding hydrogens is 453 g/mol. The smallest absolute Gasteiger partial charge is 0.337 e. The van der Waals surface area contributed by atoms with Gasteiger partial charge in [-0.2, -0.15) is 12.8 Å². The highest BCUT2D eigenvalue weighted by Crippen LogP contribution is 2.27. The topological polar surface area (TPSA) is 109 Å². The van der Waals surface area contributed by atoms with Gasteiger partial charge in [0.15, 0.2) is 5.03 Å². The van der Waals surface area contributed by atoms with Crippen molar-refractivity contribution in [2.24, 2.45) is 0 Å². The highest BCUT2D eigenvalue weighted by molar-refractivity contribution is 14.1. The predicted octanol–water partition coefficient (Wildman–Crippen LogP) is 2.79. The maximum absolute atomic E-state index is 12.6. The van der Waals surface area contributed by atoms with Crippen molar-refractivity contribution in [1.82, 2.24) is 9.36 Å². The van der Waals surface area contributed by atoms with Gasteiger partial charge in [0.25, 0.3) is 10.0 Å². The van der Waals surface area contributed by atoms with Crippen molar-refractivity contribution in [1.29, 1.82) is 0 Å². The zero-order valence-electron chi connectivity index (χ0n) is 11.2. The Morgan fingerprint density at radius 1 is 1.30 bits per heavy atom. The van der Waals surface area contributed by atoms with Crippen LogP contribution in [-0.4, -0.2) is 28.9 Å². The van der Waals surface area contributed by atoms with Gasteiger partial charge in [-0.25, -0.2) is 9.78 Å². The standard InChI is InChI=1S/C13H8IN3O4S2/c14-7-1-2-8(13(18)19)10(5-7)17-23(20,21)12-9-6-16-22-11(9)3-4-15-12/h1-6,17H,(H,18,19). The minimum Gasteiger partial charge on any atom is -0.478 e. The number of anilines is 1. The predicted molar refractivity (Wildman–Crippen MR) is 94.3 cm³/mol. The molecule has 0 radical (unpaired) electrons. The number of aromatic nitrogens is 2. The fourth-order valence-electron chi connectivity index (χ4n) is 1.97. The number of rotatable bonds is 4. The Balaban J connectivity index is 2.11. The Hall–Kier alpha value is -1.79. The molecule has 3 aromatic rings. The average molecular weight is 461 g/mol. The summed E-state index contributed by atoms with van der Waals surface area (Å²) < 4.78 is 32.9. The number of aromatic carboxylic acids is 1. The number of carboxylic acids is 1. The van der Waals surface area contributed by atoms with Crippen molar-refractivity contribution in [3.63, 3.8) is 0 Å². The number of nitrogens with zero attached hydrogens (tertiary/aromatic N) is 2. The minimum atomic E-state index is -4.04. The lowest BCUT2D eigenvalue weighted by molar-refractivity contribution is 0.0698. The van der Waals surface area contributed by atoms with E-state index in [1.54, 1.807) is 12.1 Å². The van der Waals surface area contributed by atoms with E-state index in [1.807, 2.05) is 22.6 Å². The highest BCUT2D eigenvalue weighted by atomic mass is 127. The fourth-order valence-corrected chi connectivity index (χ4v) is 4.37. The Kier molecular flexibility index (Phi) is 4.21. The van der Waals surface area contributed by atoms with Crippen molar-refractivity contribution < 1.29 is 18.3 Å². The van der Waals surface area contributed by atoms with E-state index in [0.717, 1.165) is 11.5 Å². The van der Waals surface area contributed by atoms with E-state index in [9.17, 15) is 18.3 Å². The molecular formula is C13H8IN3O4S2. The molecule has 2 aromatic heterocycles. The van der Waals surface area contributed by atoms with Crippen LogP contribution in [0.5, 0.6) is 0 Å². The molecule has 3 rings (SSSR count). The zero-order chi connectivity index (χ0) is 16.6. The summed E-state index contributed by atoms with van der Waals surface area (Å²) in [6, 6.07) is 6.05. The van der Waals surface area contributed by atoms with E-state index in [1.165, 1.54) is 24.5 Å². The Bertz CT molecular complexity index is 1020. The number of benzene rings is 1. The Morgan fingerprint density at radius 2 is 2.09 bits per heavy atom. The third-order valence-electron chi connectivity index (χ3n) is 2.96. The summed E-state index contributed by atoms with van der Waals surface area (Å²) in [5.41, 5.74) is -0.143. The molecule has 0 amide bonds. The first kappa shape index (κ1) is 16.1. The summed E-state index contributed by atoms with van der Waals surface area (Å²) in [6.45, 7) is 0. The maximum Gasteiger partial charge on any atom is 0.337 e. The molecule has 0 unspecified atom stereocenters. The Morgan fingerprint density at radius 3 is 2.83 bits per heavy atom. The number of fused-ring (bicyclic) bond motifs is 1. The van der Waals surface area contributed by atoms with Crippen LogP contribution in [0, 0.1) is 3.57 Å². The average Bonchev–Trinajstić information content (AvgIpc) is 2.94. The van der Waals surface area contributed by atoms with Gasteiger partial charge < -0.3 is 5.11 Å². The van der Waals surface area contributed by atoms with Gasteiger partial charge in [0.05, 0.1) is 27.5 Å². The van der Waals surface area contributed by atoms with Gasteiger partial charge in [0.2, 0.25) is 0 Å². The molecule has 23 heavy (non-hydrogen) atoms. The van der Waals surface area contributed by atoms with Crippen LogP contribution >= 0.6 is 34.1 Å². The molecule has 2 N–H and O–H groups in total. The first-order chi connectivity index (χ1) is 10.9. The van der Waals surface area contributed by atoms with Crippen LogP contribution in [-0.2, 0) is 10.0 Å². The summed E-state index contributed by atoms with van der Waals surface area (Å²) in [5.74, 6) is -1.22. The molecule has 0 fully saturated rings. The molecule has 1 aromatic carbocycles. The number of nitrogens with one attached hydrogen (secondary N) is 1. The molecule has 0 atom stereocenters. The number of carbonyl (C=O) groups is 1. The molecule has 7 nitrogen and oxygen atoms in total. The SMILES string of the molecule is O=C(O)c1ccc(I)cc1NS(=O)(=O)c1nccc2sncc12. The van der Waals surface area contributed by atoms with Gasteiger partial charge in [-0.05, 0) is 58.4 Å². The quantitative estimate of drug-likeness (QED) is 0.579. The number of pyridine rings is 1. The van der Waals surface area contributed by atoms with Crippen molar-refractivity contribution >= 4 is 65.9 Å². The van der Waals surface area contributed by atoms with Gasteiger partial charge >= 0.3 is 5.97 Å². The van der Waals surface area contributed by atoms with Crippen LogP contribution < -0.4 is 4.72 Å². The lowest BCUT2D eigenvalue weighted by atomic mass is 10.2. The minimum absolute atomic E-state index is 0.00797. The number of hydrogen-bond donors (Lipinski definition) is 2. The van der Waals surface area contributed by atoms with E-state index in [-0.39, 0.29) is 16.3 Å². The highest BCUT2D eigenvalue weighted by Gasteiger charge is 2.23. The van der Waals surface area contributed by atoms with Crippen molar-refractivity contribution in [2.75, 3.05) is 4.72 Å². The van der Waals surface area contributed by atoms with E-state index < -0.39 is 16.0 Å². The first-order valence-electron chi connectivity index (χ1n) is 6.13. The van der Waals surface area contributed by atoms with Gasteiger partial charge in [-0.1, -0.05) is 0 Å². The summed E-state index contributed by atoms with van der Waals surface area (Å²) in [6.07, 6.45) is 2.80. The second-order valence-electron chi connectivity index (χ2n) is 4.45. The third kappa shape index (κ3) is 3.14. The zero-order valence-corrected chi connectivity index (χ0v) is 15.0. The van der Waals surface area contributed by atoms with E-state index in [0.29, 0.717) is 13.7 Å². The van der Waals surface area contributed by atoms with Crippen molar-refractivity contribution in [3.8, 4) is 0 Å². The molecule has 0 saturated carbocycles. The molecule has 10 heteroatoms. The second-order valence-corrected chi connectivity index (χ2v) is 8.13. The molecule has 118 valence electrons. The van der Waals surface area contributed by atoms with E-state index in [4.69, 9.17) is 0 Å². The summed E-state index contributed by atoms with van der Waals surface area (Å²) in [4.78, 5) is 15.2. The summed E-state index contributed by atoms with van der Waals surface area (Å²) in [7, 11) is -4.04. The number of sulfonamides is 1. The van der Waals surface area contributed by atoms with E-state index in [2.05, 4.69) is 14.1 Å². The molecule has 0 aliphatic heterocycles. The maximum atomic E-state index is 12.6. The van der Waals surface area contributed by atoms with Gasteiger partial charge in [-0.3, -0.25) is 4.72 Å². The normalized spacial score (nSPS) is 11.5. The molecule has 0 bridgehead atoms. The molecule has 0 saturated heterocycles. The third-order valence-corrected chi connectivity index (χ3v) is 5.71. The monoisotopic (exact) mass is 461 g/mol. The van der Waals surface area contributed by atoms with Crippen LogP contribution in [0.3, 0.4) is 0 Å². The van der Waals surface area contributed by atoms with Crippen LogP contribution in [0.25, 0.3) is 10.1 Å². The van der Waals surface area contributed by atoms with Gasteiger partial charge in [0, 0.05) is 9.77 Å². The van der Waals surface area contributed by atoms with Crippen LogP contribution in [0.4, 0.5) is 5.69 Å². The second kappa shape index (κ2) is 6.02. The molecule has 2 heterocycles. The number of carboxylic acid groups (broad SMARTS) is 1. The van der Waals surface area contributed by atoms with Crippen molar-refractivity contribution in [3.05, 3.63) is 45.8 Å². The van der Waals surface area contributed by atoms with Crippen LogP contribution in [0.15, 0.2) is 41.7 Å². The summed E-state index contributed by atoms with van der Waals surface area (Å²) >= 11 is 3.13. The first-order valence-corrected chi connectivity index (χ1v) is 9.47. The van der Waals surface area contributed by atoms with Gasteiger partial charge in [0.1, 0.15) is 0 Å². The number of halogens is 1. The number of hydrogen-bond acceptors (Lipinski definition) is 6. The molecule has 0 aliphatic rings. The largest absolute Gasteiger partial charge is 0.478 e. The lowest BCUT2D eigenvalue weighted by Crippen LogP contribution is -2.17. The van der Waals surface area contributed by atoms with Crippen molar-refractivity contribution in [2.45, 2.75) is 5.03 Å². The summed E-state index contributed by atoms with van der Waals surface area (Å²) in [5, 5.41) is 9.42. The Labute approximate surface area is 148 Å². The van der Waals surface area contributed by atoms with Gasteiger partial charge in [-0.15, -0.1) is 0 Å². The fraction of sp³-hybridized carbons (Fsp3) is 0. The lowest BCUT2D eigenvalue weighted by Gasteiger charge is -2.11. The van der Waals surface area contributed by atoms with E-state index >= 15 is 0 Å². The molecule has 0 spiro atoms. The van der Waals surface area contributed by atoms with Crippen LogP contribution in [0.2, 0.25) is 0 Å².